The van der Waals surface area contributed by atoms with E-state index >= 15 is 0 Å². The molecule has 0 bridgehead atoms. The molecule has 0 spiro atoms. The fraction of sp³-hybridized carbons (Fsp3) is 0.556. The first-order valence-corrected chi connectivity index (χ1v) is 13.4. The molecule has 10 N–H and O–H groups in total. The maximum absolute atomic E-state index is 13.1. The van der Waals surface area contributed by atoms with Crippen molar-refractivity contribution in [2.45, 2.75) is 83.1 Å². The second kappa shape index (κ2) is 17.6. The van der Waals surface area contributed by atoms with E-state index in [0.717, 1.165) is 0 Å². The Morgan fingerprint density at radius 2 is 1.39 bits per heavy atom. The van der Waals surface area contributed by atoms with Gasteiger partial charge in [0, 0.05) is 6.42 Å². The van der Waals surface area contributed by atoms with Crippen molar-refractivity contribution in [3.8, 4) is 0 Å². The van der Waals surface area contributed by atoms with E-state index in [1.54, 1.807) is 44.2 Å². The van der Waals surface area contributed by atoms with Crippen molar-refractivity contribution < 1.29 is 39.0 Å². The van der Waals surface area contributed by atoms with E-state index in [1.807, 2.05) is 0 Å². The summed E-state index contributed by atoms with van der Waals surface area (Å²) in [5, 5.41) is 28.4. The average Bonchev–Trinajstić information content (AvgIpc) is 2.90. The summed E-state index contributed by atoms with van der Waals surface area (Å²) in [5.41, 5.74) is 11.9. The van der Waals surface area contributed by atoms with Crippen molar-refractivity contribution in [2.24, 2.45) is 17.4 Å². The van der Waals surface area contributed by atoms with Gasteiger partial charge in [0.05, 0.1) is 12.5 Å². The highest BCUT2D eigenvalue weighted by Crippen LogP contribution is 2.08. The third-order valence-corrected chi connectivity index (χ3v) is 6.21. The Morgan fingerprint density at radius 1 is 0.780 bits per heavy atom. The Balaban J connectivity index is 2.93. The zero-order valence-corrected chi connectivity index (χ0v) is 23.6. The van der Waals surface area contributed by atoms with Crippen molar-refractivity contribution in [1.29, 1.82) is 0 Å². The molecule has 0 aromatic heterocycles. The van der Waals surface area contributed by atoms with Crippen LogP contribution in [0.15, 0.2) is 30.3 Å². The number of benzene rings is 1. The second-order valence-corrected chi connectivity index (χ2v) is 10.1. The van der Waals surface area contributed by atoms with E-state index in [-0.39, 0.29) is 12.8 Å². The zero-order chi connectivity index (χ0) is 31.1. The third-order valence-electron chi connectivity index (χ3n) is 6.21. The van der Waals surface area contributed by atoms with E-state index in [9.17, 15) is 33.9 Å². The van der Waals surface area contributed by atoms with Gasteiger partial charge in [-0.3, -0.25) is 24.0 Å². The second-order valence-electron chi connectivity index (χ2n) is 10.1. The predicted octanol–water partition coefficient (Wildman–Crippen LogP) is -1.14. The Kier molecular flexibility index (Phi) is 15.0. The van der Waals surface area contributed by atoms with Crippen molar-refractivity contribution in [3.63, 3.8) is 0 Å². The summed E-state index contributed by atoms with van der Waals surface area (Å²) in [6, 6.07) is 2.77. The van der Waals surface area contributed by atoms with Crippen LogP contribution in [0.4, 0.5) is 0 Å². The Hall–Kier alpha value is -4.04. The molecule has 5 atom stereocenters. The number of unbranched alkanes of at least 4 members (excludes halogenated alkanes) is 1. The molecular formula is C27H42N6O8. The lowest BCUT2D eigenvalue weighted by Crippen LogP contribution is -2.59. The molecule has 1 rings (SSSR count). The topological polar surface area (TPSA) is 243 Å². The van der Waals surface area contributed by atoms with E-state index in [4.69, 9.17) is 16.6 Å². The molecule has 14 nitrogen and oxygen atoms in total. The van der Waals surface area contributed by atoms with Gasteiger partial charge in [-0.15, -0.1) is 0 Å². The van der Waals surface area contributed by atoms with E-state index in [2.05, 4.69) is 21.3 Å². The number of aliphatic carboxylic acids is 2. The third kappa shape index (κ3) is 12.8. The largest absolute Gasteiger partial charge is 0.481 e. The highest BCUT2D eigenvalue weighted by atomic mass is 16.4. The lowest BCUT2D eigenvalue weighted by atomic mass is 10.0. The number of carbonyl (C=O) groups excluding carboxylic acids is 4. The minimum atomic E-state index is -1.37. The minimum Gasteiger partial charge on any atom is -0.481 e. The van der Waals surface area contributed by atoms with Crippen LogP contribution in [0.3, 0.4) is 0 Å². The smallest absolute Gasteiger partial charge is 0.326 e. The quantitative estimate of drug-likeness (QED) is 0.0973. The number of nitrogens with one attached hydrogen (secondary N) is 4. The van der Waals surface area contributed by atoms with E-state index in [0.29, 0.717) is 24.9 Å². The van der Waals surface area contributed by atoms with Crippen LogP contribution >= 0.6 is 0 Å². The van der Waals surface area contributed by atoms with Gasteiger partial charge in [-0.1, -0.05) is 44.2 Å². The van der Waals surface area contributed by atoms with Crippen LogP contribution in [0.25, 0.3) is 0 Å². The Morgan fingerprint density at radius 3 is 1.93 bits per heavy atom. The summed E-state index contributed by atoms with van der Waals surface area (Å²) in [6.07, 6.45) is 0.612. The molecule has 41 heavy (non-hydrogen) atoms. The summed E-state index contributed by atoms with van der Waals surface area (Å²) < 4.78 is 0. The molecule has 228 valence electrons. The number of amides is 4. The molecular weight excluding hydrogens is 536 g/mol. The number of carboxylic acids is 2. The molecule has 4 amide bonds. The fourth-order valence-corrected chi connectivity index (χ4v) is 3.83. The molecule has 0 saturated carbocycles. The Bertz CT molecular complexity index is 1050. The first-order valence-electron chi connectivity index (χ1n) is 13.4. The molecule has 0 saturated heterocycles. The summed E-state index contributed by atoms with van der Waals surface area (Å²) in [5.74, 6) is -5.90. The number of hydrogen-bond donors (Lipinski definition) is 8. The molecule has 1 aromatic rings. The van der Waals surface area contributed by atoms with Gasteiger partial charge in [0.1, 0.15) is 24.2 Å². The maximum atomic E-state index is 13.1. The summed E-state index contributed by atoms with van der Waals surface area (Å²) in [7, 11) is 0. The van der Waals surface area contributed by atoms with Gasteiger partial charge in [0.15, 0.2) is 0 Å². The van der Waals surface area contributed by atoms with Gasteiger partial charge in [-0.25, -0.2) is 4.79 Å². The highest BCUT2D eigenvalue weighted by Gasteiger charge is 2.32. The predicted molar refractivity (Wildman–Crippen MR) is 149 cm³/mol. The average molecular weight is 579 g/mol. The molecule has 0 aliphatic carbocycles. The molecule has 0 radical (unpaired) electrons. The number of rotatable bonds is 18. The standard InChI is InChI=1S/C27H42N6O8/c1-15(2)22(33-24(37)18(29)14-21(34)35)26(39)31-19(11-7-8-12-28)25(38)30-16(3)23(36)32-20(27(40)41)13-17-9-5-4-6-10-17/h4-6,9-10,15-16,18-20,22H,7-8,11-14,28-29H2,1-3H3,(H,30,38)(H,31,39)(H,32,36)(H,33,37)(H,34,35)(H,40,41)/t16-,18-,19-,20-,22-/m0/s1. The first kappa shape index (κ1) is 35.0. The molecule has 0 heterocycles. The van der Waals surface area contributed by atoms with Crippen LogP contribution in [-0.2, 0) is 35.2 Å². The molecule has 0 fully saturated rings. The van der Waals surface area contributed by atoms with Gasteiger partial charge >= 0.3 is 11.9 Å². The van der Waals surface area contributed by atoms with Crippen LogP contribution in [-0.4, -0.2) is 82.5 Å². The SMILES string of the molecule is CC(C)[C@H](NC(=O)[C@@H](N)CC(=O)O)C(=O)N[C@@H](CCCCN)C(=O)N[C@@H](C)C(=O)N[C@@H](Cc1ccccc1)C(=O)O. The summed E-state index contributed by atoms with van der Waals surface area (Å²) in [6.45, 7) is 5.04. The number of hydrogen-bond acceptors (Lipinski definition) is 8. The zero-order valence-electron chi connectivity index (χ0n) is 23.6. The first-order chi connectivity index (χ1) is 19.3. The van der Waals surface area contributed by atoms with Gasteiger partial charge in [0.25, 0.3) is 0 Å². The lowest BCUT2D eigenvalue weighted by molar-refractivity contribution is -0.142. The van der Waals surface area contributed by atoms with E-state index < -0.39 is 78.1 Å². The summed E-state index contributed by atoms with van der Waals surface area (Å²) >= 11 is 0. The number of carboxylic acid groups (broad SMARTS) is 2. The fourth-order valence-electron chi connectivity index (χ4n) is 3.83. The molecule has 0 unspecified atom stereocenters. The highest BCUT2D eigenvalue weighted by molar-refractivity contribution is 5.95. The summed E-state index contributed by atoms with van der Waals surface area (Å²) in [4.78, 5) is 73.9. The van der Waals surface area contributed by atoms with Crippen molar-refractivity contribution in [3.05, 3.63) is 35.9 Å². The van der Waals surface area contributed by atoms with Crippen LogP contribution in [0, 0.1) is 5.92 Å². The van der Waals surface area contributed by atoms with Crippen LogP contribution in [0.1, 0.15) is 52.0 Å². The maximum Gasteiger partial charge on any atom is 0.326 e. The number of nitrogens with two attached hydrogens (primary N) is 2. The van der Waals surface area contributed by atoms with Gasteiger partial charge in [0.2, 0.25) is 23.6 Å². The normalized spacial score (nSPS) is 14.6. The van der Waals surface area contributed by atoms with E-state index in [1.165, 1.54) is 6.92 Å². The van der Waals surface area contributed by atoms with Crippen LogP contribution < -0.4 is 32.7 Å². The van der Waals surface area contributed by atoms with Gasteiger partial charge < -0.3 is 42.9 Å². The Labute approximate surface area is 239 Å². The van der Waals surface area contributed by atoms with Crippen molar-refractivity contribution >= 4 is 35.6 Å². The molecule has 0 aliphatic rings. The minimum absolute atomic E-state index is 0.0405. The van der Waals surface area contributed by atoms with Crippen molar-refractivity contribution in [2.75, 3.05) is 6.54 Å². The molecule has 14 heteroatoms. The monoisotopic (exact) mass is 578 g/mol. The van der Waals surface area contributed by atoms with Crippen LogP contribution in [0.2, 0.25) is 0 Å². The van der Waals surface area contributed by atoms with Crippen molar-refractivity contribution in [1.82, 2.24) is 21.3 Å². The molecule has 0 aliphatic heterocycles. The van der Waals surface area contributed by atoms with Gasteiger partial charge in [-0.05, 0) is 44.2 Å². The van der Waals surface area contributed by atoms with Crippen LogP contribution in [0.5, 0.6) is 0 Å². The number of carbonyl (C=O) groups is 6. The lowest BCUT2D eigenvalue weighted by Gasteiger charge is -2.27. The molecule has 1 aromatic carbocycles. The van der Waals surface area contributed by atoms with Gasteiger partial charge in [-0.2, -0.15) is 0 Å².